The third-order valence-corrected chi connectivity index (χ3v) is 1.42. The van der Waals surface area contributed by atoms with E-state index in [0.717, 1.165) is 12.8 Å². The van der Waals surface area contributed by atoms with Crippen LogP contribution in [0.5, 0.6) is 0 Å². The maximum atomic E-state index is 8.39. The van der Waals surface area contributed by atoms with Gasteiger partial charge in [0.1, 0.15) is 0 Å². The average molecular weight is 428 g/mol. The van der Waals surface area contributed by atoms with Crippen molar-refractivity contribution in [3.63, 3.8) is 0 Å². The Morgan fingerprint density at radius 3 is 1.88 bits per heavy atom. The molecule has 17 heavy (non-hydrogen) atoms. The van der Waals surface area contributed by atoms with Gasteiger partial charge in [0.05, 0.1) is 12.0 Å². The molecule has 0 spiro atoms. The van der Waals surface area contributed by atoms with E-state index in [0.29, 0.717) is 0 Å². The first kappa shape index (κ1) is 30.2. The maximum Gasteiger partial charge on any atom is 0.0697 e. The van der Waals surface area contributed by atoms with Crippen molar-refractivity contribution in [3.8, 4) is 6.07 Å². The van der Waals surface area contributed by atoms with Gasteiger partial charge in [0.2, 0.25) is 0 Å². The Balaban J connectivity index is -0.0000000475. The van der Waals surface area contributed by atoms with Crippen LogP contribution in [0.4, 0.5) is 0 Å². The summed E-state index contributed by atoms with van der Waals surface area (Å²) in [6.07, 6.45) is 7.51. The summed E-state index contributed by atoms with van der Waals surface area (Å²) in [4.78, 5) is 7.25. The molecule has 1 atom stereocenters. The molecule has 0 saturated heterocycles. The molecule has 0 aromatic rings. The van der Waals surface area contributed by atoms with Crippen molar-refractivity contribution >= 4 is 7.92 Å². The smallest absolute Gasteiger partial charge is 0.0697 e. The molecule has 0 aromatic heterocycles. The van der Waals surface area contributed by atoms with Crippen molar-refractivity contribution in [2.75, 3.05) is 20.0 Å². The van der Waals surface area contributed by atoms with Crippen molar-refractivity contribution in [2.24, 2.45) is 5.92 Å². The summed E-state index contributed by atoms with van der Waals surface area (Å²) in [5.41, 5.74) is 5.75. The zero-order valence-electron chi connectivity index (χ0n) is 11.6. The molecule has 1 rings (SSSR count). The summed E-state index contributed by atoms with van der Waals surface area (Å²) in [5.74, 6) is 0.212. The van der Waals surface area contributed by atoms with Gasteiger partial charge in [-0.05, 0) is 27.2 Å². The van der Waals surface area contributed by atoms with Crippen LogP contribution in [0, 0.1) is 37.0 Å². The number of hydrogen-bond donors (Lipinski definition) is 0. The molecule has 0 aliphatic heterocycles. The fraction of sp³-hybridized carbons (Fsp3) is 0.583. The Morgan fingerprint density at radius 1 is 1.29 bits per heavy atom. The first-order valence-electron chi connectivity index (χ1n) is 4.68. The number of nitriles is 1. The van der Waals surface area contributed by atoms with E-state index < -0.39 is 0 Å². The minimum absolute atomic E-state index is 0. The van der Waals surface area contributed by atoms with Crippen LogP contribution in [0.3, 0.4) is 0 Å². The van der Waals surface area contributed by atoms with E-state index >= 15 is 0 Å². The maximum absolute atomic E-state index is 8.39. The van der Waals surface area contributed by atoms with Crippen LogP contribution in [0.2, 0.25) is 0 Å². The molecule has 1 aliphatic rings. The van der Waals surface area contributed by atoms with Crippen molar-refractivity contribution in [1.82, 2.24) is 0 Å². The van der Waals surface area contributed by atoms with Gasteiger partial charge >= 0.3 is 0 Å². The standard InChI is InChI=1S/C7H9N.C3H9P.2CH3.NO.W/c8-6-7-4-2-1-3-5-7;1-4(2)3;;;1-2;/h2,4,7H,1,3,5H2;1-3H3;2*1H3;;/q;;3*-1;/p+1/t7-;;;;;/m0...../s1. The van der Waals surface area contributed by atoms with Gasteiger partial charge < -0.3 is 25.4 Å². The summed E-state index contributed by atoms with van der Waals surface area (Å²) >= 11 is 0. The minimum atomic E-state index is 0. The van der Waals surface area contributed by atoms with Gasteiger partial charge in [-0.2, -0.15) is 5.26 Å². The van der Waals surface area contributed by atoms with Crippen molar-refractivity contribution in [1.29, 1.82) is 5.26 Å². The zero-order chi connectivity index (χ0) is 11.4. The van der Waals surface area contributed by atoms with Crippen LogP contribution in [0.15, 0.2) is 12.2 Å². The average Bonchev–Trinajstić information content (AvgIpc) is 2.21. The van der Waals surface area contributed by atoms with E-state index in [9.17, 15) is 0 Å². The van der Waals surface area contributed by atoms with E-state index in [-0.39, 0.29) is 49.8 Å². The van der Waals surface area contributed by atoms with Gasteiger partial charge in [-0.3, -0.25) is 0 Å². The van der Waals surface area contributed by atoms with E-state index in [1.165, 1.54) is 6.42 Å². The van der Waals surface area contributed by atoms with Gasteiger partial charge in [0.15, 0.2) is 0 Å². The predicted octanol–water partition coefficient (Wildman–Crippen LogP) is 4.18. The van der Waals surface area contributed by atoms with Crippen LogP contribution in [0.1, 0.15) is 19.3 Å². The summed E-state index contributed by atoms with van der Waals surface area (Å²) in [6.45, 7) is 6.81. The third kappa shape index (κ3) is 31.4. The Kier molecular flexibility index (Phi) is 44.3. The molecule has 0 heterocycles. The Labute approximate surface area is 123 Å². The molecule has 0 unspecified atom stereocenters. The number of allylic oxidation sites excluding steroid dienone is 2. The summed E-state index contributed by atoms with van der Waals surface area (Å²) in [7, 11) is 0.120. The molecule has 0 N–H and O–H groups in total. The number of nitrogens with zero attached hydrogens (tertiary/aromatic N) is 2. The molecule has 1 aliphatic carbocycles. The molecule has 5 heteroatoms. The summed E-state index contributed by atoms with van der Waals surface area (Å²) in [5, 5.41) is 8.39. The largest absolute Gasteiger partial charge is 0.577 e. The van der Waals surface area contributed by atoms with Crippen molar-refractivity contribution in [2.45, 2.75) is 19.3 Å². The molecule has 3 nitrogen and oxygen atoms in total. The molecule has 0 fully saturated rings. The first-order valence-corrected chi connectivity index (χ1v) is 7.68. The second-order valence-corrected chi connectivity index (χ2v) is 6.59. The SMILES string of the molecule is C[PH+](C)C.N#C[C@H]1C=CCCC1.[CH3-].[CH3-].[N-]=O.[W]. The molecule has 0 radical (unpaired) electrons. The molecule has 0 amide bonds. The van der Waals surface area contributed by atoms with Gasteiger partial charge in [-0.25, -0.2) is 0 Å². The fourth-order valence-electron chi connectivity index (χ4n) is 0.920. The third-order valence-electron chi connectivity index (χ3n) is 1.42. The zero-order valence-corrected chi connectivity index (χ0v) is 15.5. The second kappa shape index (κ2) is 25.0. The molecule has 0 aromatic carbocycles. The van der Waals surface area contributed by atoms with E-state index in [4.69, 9.17) is 15.8 Å². The fourth-order valence-corrected chi connectivity index (χ4v) is 0.920. The van der Waals surface area contributed by atoms with E-state index in [1.807, 2.05) is 6.08 Å². The van der Waals surface area contributed by atoms with Crippen molar-refractivity contribution in [3.05, 3.63) is 37.5 Å². The quantitative estimate of drug-likeness (QED) is 0.330. The molecule has 0 saturated carbocycles. The van der Waals surface area contributed by atoms with Crippen LogP contribution < -0.4 is 0 Å². The van der Waals surface area contributed by atoms with Crippen LogP contribution in [0.25, 0.3) is 5.59 Å². The minimum Gasteiger partial charge on any atom is -0.577 e. The topological polar surface area (TPSA) is 63.2 Å². The molecular weight excluding hydrogens is 403 g/mol. The monoisotopic (exact) mass is 428 g/mol. The molecule has 0 bridgehead atoms. The van der Waals surface area contributed by atoms with Crippen molar-refractivity contribution < 1.29 is 21.1 Å². The van der Waals surface area contributed by atoms with E-state index in [2.05, 4.69) is 32.1 Å². The second-order valence-electron chi connectivity index (χ2n) is 3.59. The van der Waals surface area contributed by atoms with Crippen LogP contribution in [-0.4, -0.2) is 20.0 Å². The predicted molar refractivity (Wildman–Crippen MR) is 77.7 cm³/mol. The number of nitroso groups, excluding NO2 is 1. The van der Waals surface area contributed by atoms with Gasteiger partial charge in [-0.1, -0.05) is 12.2 Å². The summed E-state index contributed by atoms with van der Waals surface area (Å²) < 4.78 is 0. The van der Waals surface area contributed by atoms with Crippen LogP contribution >= 0.6 is 7.92 Å². The Hall–Kier alpha value is -0.0517. The first-order chi connectivity index (χ1) is 6.66. The molecule has 102 valence electrons. The van der Waals surface area contributed by atoms with Gasteiger partial charge in [0.25, 0.3) is 0 Å². The van der Waals surface area contributed by atoms with E-state index in [1.54, 1.807) is 0 Å². The van der Waals surface area contributed by atoms with Gasteiger partial charge in [0, 0.05) is 41.1 Å². The Bertz CT molecular complexity index is 191. The molecular formula is C12H25N2OPW-2. The van der Waals surface area contributed by atoms with Gasteiger partial charge in [-0.15, -0.1) is 0 Å². The van der Waals surface area contributed by atoms with Crippen LogP contribution in [-0.2, 0) is 21.1 Å². The number of hydrogen-bond acceptors (Lipinski definition) is 2. The number of rotatable bonds is 0. The Morgan fingerprint density at radius 2 is 1.71 bits per heavy atom. The summed E-state index contributed by atoms with van der Waals surface area (Å²) in [6, 6.07) is 2.22. The normalized spacial score (nSPS) is 15.1.